The average molecular weight is 425 g/mol. The lowest BCUT2D eigenvalue weighted by Crippen LogP contribution is -2.42. The highest BCUT2D eigenvalue weighted by Crippen LogP contribution is 2.56. The predicted molar refractivity (Wildman–Crippen MR) is 98.1 cm³/mol. The number of hydrogen-bond acceptors (Lipinski definition) is 9. The van der Waals surface area contributed by atoms with E-state index in [9.17, 15) is 24.5 Å². The quantitative estimate of drug-likeness (QED) is 0.260. The molecule has 0 aromatic heterocycles. The second-order valence-corrected chi connectivity index (χ2v) is 10.9. The molecule has 1 aliphatic rings. The molecule has 0 aliphatic carbocycles. The van der Waals surface area contributed by atoms with E-state index in [0.29, 0.717) is 11.5 Å². The molecule has 1 heterocycles. The van der Waals surface area contributed by atoms with Crippen molar-refractivity contribution in [3.63, 3.8) is 0 Å². The number of hydroxylamine groups is 2. The number of carbonyl (C=O) groups is 2. The van der Waals surface area contributed by atoms with Crippen molar-refractivity contribution >= 4 is 19.5 Å². The normalized spacial score (nSPS) is 21.9. The Balaban J connectivity index is 2.83. The minimum atomic E-state index is -4.17. The second-order valence-electron chi connectivity index (χ2n) is 8.72. The summed E-state index contributed by atoms with van der Waals surface area (Å²) in [4.78, 5) is 24.1. The Morgan fingerprint density at radius 1 is 1.21 bits per heavy atom. The molecule has 1 saturated heterocycles. The maximum Gasteiger partial charge on any atom is 0.348 e. The van der Waals surface area contributed by atoms with Crippen LogP contribution < -0.4 is 0 Å². The number of esters is 1. The van der Waals surface area contributed by atoms with Crippen LogP contribution in [0.1, 0.15) is 54.4 Å². The number of aliphatic hydroxyl groups excluding tert-OH is 1. The molecule has 1 rings (SSSR count). The first-order chi connectivity index (χ1) is 12.7. The molecule has 0 bridgehead atoms. The maximum atomic E-state index is 13.2. The Hall–Kier alpha value is -1.03. The standard InChI is InChI=1S/C17H32NO9P/c1-16(2,3)14(20)24-10-26-28(23,12-8-7-9-18(22)13(12)19)27-11-25-15(21)17(4,5)6/h12,14,20,22H,7-11H2,1-6H3. The molecular formula is C17H32NO9P. The molecule has 3 atom stereocenters. The molecule has 2 N–H and O–H groups in total. The topological polar surface area (TPSA) is 132 Å². The fraction of sp³-hybridized carbons (Fsp3) is 0.882. The summed E-state index contributed by atoms with van der Waals surface area (Å²) >= 11 is 0. The van der Waals surface area contributed by atoms with Crippen LogP contribution in [0.25, 0.3) is 0 Å². The Morgan fingerprint density at radius 3 is 2.32 bits per heavy atom. The van der Waals surface area contributed by atoms with Crippen LogP contribution in [0, 0.1) is 10.8 Å². The van der Waals surface area contributed by atoms with Crippen LogP contribution >= 0.6 is 7.60 Å². The largest absolute Gasteiger partial charge is 0.438 e. The van der Waals surface area contributed by atoms with Crippen LogP contribution in [-0.4, -0.2) is 59.3 Å². The molecule has 1 aliphatic heterocycles. The lowest BCUT2D eigenvalue weighted by Gasteiger charge is -2.32. The number of rotatable bonds is 8. The third-order valence-electron chi connectivity index (χ3n) is 4.00. The highest BCUT2D eigenvalue weighted by molar-refractivity contribution is 7.55. The fourth-order valence-corrected chi connectivity index (χ4v) is 3.88. The Bertz CT molecular complexity index is 596. The SMILES string of the molecule is CC(C)(C)C(=O)OCOP(=O)(OCOC(O)C(C)(C)C)C1CCCN(O)C1=O. The van der Waals surface area contributed by atoms with Crippen molar-refractivity contribution in [2.75, 3.05) is 20.1 Å². The van der Waals surface area contributed by atoms with E-state index < -0.39 is 55.8 Å². The van der Waals surface area contributed by atoms with E-state index in [1.807, 2.05) is 0 Å². The number of carbonyl (C=O) groups excluding carboxylic acids is 2. The average Bonchev–Trinajstić information content (AvgIpc) is 2.55. The minimum absolute atomic E-state index is 0.105. The van der Waals surface area contributed by atoms with Crippen LogP contribution in [0.4, 0.5) is 0 Å². The van der Waals surface area contributed by atoms with Gasteiger partial charge < -0.3 is 14.6 Å². The molecule has 0 radical (unpaired) electrons. The third kappa shape index (κ3) is 7.09. The van der Waals surface area contributed by atoms with E-state index >= 15 is 0 Å². The van der Waals surface area contributed by atoms with Crippen molar-refractivity contribution in [1.29, 1.82) is 0 Å². The molecule has 28 heavy (non-hydrogen) atoms. The van der Waals surface area contributed by atoms with Crippen molar-refractivity contribution < 1.29 is 43.0 Å². The Morgan fingerprint density at radius 2 is 1.79 bits per heavy atom. The Labute approximate surface area is 165 Å². The molecular weight excluding hydrogens is 393 g/mol. The van der Waals surface area contributed by atoms with Gasteiger partial charge in [0.25, 0.3) is 5.91 Å². The van der Waals surface area contributed by atoms with E-state index in [2.05, 4.69) is 0 Å². The van der Waals surface area contributed by atoms with Gasteiger partial charge >= 0.3 is 13.6 Å². The number of nitrogens with zero attached hydrogens (tertiary/aromatic N) is 1. The molecule has 1 fully saturated rings. The zero-order valence-electron chi connectivity index (χ0n) is 17.3. The molecule has 0 aromatic carbocycles. The summed E-state index contributed by atoms with van der Waals surface area (Å²) in [6.45, 7) is 8.91. The van der Waals surface area contributed by atoms with Gasteiger partial charge in [-0.2, -0.15) is 0 Å². The van der Waals surface area contributed by atoms with Crippen molar-refractivity contribution in [3.8, 4) is 0 Å². The summed E-state index contributed by atoms with van der Waals surface area (Å²) in [5, 5.41) is 20.0. The molecule has 1 amide bonds. The first-order valence-electron chi connectivity index (χ1n) is 9.04. The minimum Gasteiger partial charge on any atom is -0.438 e. The number of hydrogen-bond donors (Lipinski definition) is 2. The van der Waals surface area contributed by atoms with E-state index in [0.717, 1.165) is 0 Å². The molecule has 10 nitrogen and oxygen atoms in total. The lowest BCUT2D eigenvalue weighted by atomic mass is 9.96. The van der Waals surface area contributed by atoms with Crippen molar-refractivity contribution in [1.82, 2.24) is 5.06 Å². The smallest absolute Gasteiger partial charge is 0.348 e. The van der Waals surface area contributed by atoms with Gasteiger partial charge in [-0.05, 0) is 33.6 Å². The number of amides is 1. The molecule has 0 spiro atoms. The van der Waals surface area contributed by atoms with Crippen LogP contribution in [-0.2, 0) is 32.7 Å². The summed E-state index contributed by atoms with van der Waals surface area (Å²) < 4.78 is 33.7. The summed E-state index contributed by atoms with van der Waals surface area (Å²) in [7, 11) is -4.17. The highest BCUT2D eigenvalue weighted by atomic mass is 31.2. The molecule has 0 saturated carbocycles. The number of ether oxygens (including phenoxy) is 2. The highest BCUT2D eigenvalue weighted by Gasteiger charge is 2.46. The lowest BCUT2D eigenvalue weighted by molar-refractivity contribution is -0.193. The van der Waals surface area contributed by atoms with Gasteiger partial charge in [0, 0.05) is 12.0 Å². The monoisotopic (exact) mass is 425 g/mol. The first kappa shape index (κ1) is 25.0. The second kappa shape index (κ2) is 9.65. The summed E-state index contributed by atoms with van der Waals surface area (Å²) in [5.74, 6) is -1.40. The van der Waals surface area contributed by atoms with Gasteiger partial charge in [0.2, 0.25) is 6.79 Å². The number of piperidine rings is 1. The molecule has 3 unspecified atom stereocenters. The molecule has 0 aromatic rings. The Kier molecular flexibility index (Phi) is 8.62. The van der Waals surface area contributed by atoms with Crippen LogP contribution in [0.2, 0.25) is 0 Å². The van der Waals surface area contributed by atoms with Gasteiger partial charge in [-0.3, -0.25) is 28.4 Å². The predicted octanol–water partition coefficient (Wildman–Crippen LogP) is 2.48. The van der Waals surface area contributed by atoms with Gasteiger partial charge in [0.15, 0.2) is 13.1 Å². The maximum absolute atomic E-state index is 13.2. The van der Waals surface area contributed by atoms with Crippen molar-refractivity contribution in [3.05, 3.63) is 0 Å². The van der Waals surface area contributed by atoms with Gasteiger partial charge in [0.05, 0.1) is 5.41 Å². The van der Waals surface area contributed by atoms with Gasteiger partial charge in [-0.25, -0.2) is 5.06 Å². The molecule has 11 heteroatoms. The van der Waals surface area contributed by atoms with Gasteiger partial charge in [-0.1, -0.05) is 20.8 Å². The first-order valence-corrected chi connectivity index (χ1v) is 10.7. The van der Waals surface area contributed by atoms with E-state index in [1.165, 1.54) is 0 Å². The van der Waals surface area contributed by atoms with Crippen LogP contribution in [0.15, 0.2) is 0 Å². The molecule has 164 valence electrons. The van der Waals surface area contributed by atoms with Crippen LogP contribution in [0.3, 0.4) is 0 Å². The van der Waals surface area contributed by atoms with E-state index in [1.54, 1.807) is 41.5 Å². The summed E-state index contributed by atoms with van der Waals surface area (Å²) in [5.41, 5.74) is -2.68. The third-order valence-corrected chi connectivity index (χ3v) is 6.18. The van der Waals surface area contributed by atoms with E-state index in [-0.39, 0.29) is 13.0 Å². The summed E-state index contributed by atoms with van der Waals surface area (Å²) in [6.07, 6.45) is -0.671. The van der Waals surface area contributed by atoms with E-state index in [4.69, 9.17) is 18.5 Å². The van der Waals surface area contributed by atoms with Crippen molar-refractivity contribution in [2.45, 2.75) is 66.3 Å². The van der Waals surface area contributed by atoms with Gasteiger partial charge in [-0.15, -0.1) is 0 Å². The number of aliphatic hydroxyl groups is 1. The van der Waals surface area contributed by atoms with Gasteiger partial charge in [0.1, 0.15) is 5.66 Å². The van der Waals surface area contributed by atoms with Crippen molar-refractivity contribution in [2.24, 2.45) is 10.8 Å². The van der Waals surface area contributed by atoms with Crippen LogP contribution in [0.5, 0.6) is 0 Å². The zero-order chi connectivity index (χ0) is 21.8. The summed E-state index contributed by atoms with van der Waals surface area (Å²) in [6, 6.07) is 0. The zero-order valence-corrected chi connectivity index (χ0v) is 18.2. The fourth-order valence-electron chi connectivity index (χ4n) is 2.14.